The molecule has 1 aromatic heterocycles. The lowest BCUT2D eigenvalue weighted by Crippen LogP contribution is -2.02. The third-order valence-corrected chi connectivity index (χ3v) is 4.81. The molecule has 3 rings (SSSR count). The lowest BCUT2D eigenvalue weighted by Gasteiger charge is -2.09. The molecule has 0 saturated heterocycles. The maximum absolute atomic E-state index is 5.88. The van der Waals surface area contributed by atoms with E-state index in [2.05, 4.69) is 63.4 Å². The van der Waals surface area contributed by atoms with Gasteiger partial charge in [0.15, 0.2) is 0 Å². The number of ether oxygens (including phenoxy) is 1. The van der Waals surface area contributed by atoms with Crippen LogP contribution >= 0.6 is 15.9 Å². The van der Waals surface area contributed by atoms with Crippen molar-refractivity contribution in [1.29, 1.82) is 0 Å². The highest BCUT2D eigenvalue weighted by Crippen LogP contribution is 2.31. The third kappa shape index (κ3) is 5.15. The smallest absolute Gasteiger partial charge is 0.120 e. The summed E-state index contributed by atoms with van der Waals surface area (Å²) in [6, 6.07) is 20.6. The molecule has 2 aromatic carbocycles. The number of rotatable bonds is 8. The highest BCUT2D eigenvalue weighted by molar-refractivity contribution is 9.10. The molecule has 1 heterocycles. The molecular weight excluding hydrogens is 388 g/mol. The second-order valence-corrected chi connectivity index (χ2v) is 7.08. The van der Waals surface area contributed by atoms with Crippen LogP contribution in [-0.4, -0.2) is 16.8 Å². The fraction of sp³-hybridized carbons (Fsp3) is 0.273. The summed E-state index contributed by atoms with van der Waals surface area (Å²) in [5.41, 5.74) is 4.45. The summed E-state index contributed by atoms with van der Waals surface area (Å²) in [7, 11) is 0. The SMILES string of the molecule is CCCc1ccc(CCCOc2ccc(-c3ccccc3)c(Br)c2)nn1. The summed E-state index contributed by atoms with van der Waals surface area (Å²) in [5.74, 6) is 0.876. The molecule has 0 N–H and O–H groups in total. The zero-order chi connectivity index (χ0) is 18.2. The molecule has 4 heteroatoms. The molecule has 0 atom stereocenters. The van der Waals surface area contributed by atoms with E-state index in [0.717, 1.165) is 47.3 Å². The van der Waals surface area contributed by atoms with Gasteiger partial charge in [0.25, 0.3) is 0 Å². The number of benzene rings is 2. The standard InChI is InChI=1S/C22H23BrN2O/c1-2-7-18-11-12-19(25-24-18)10-6-15-26-20-13-14-21(22(23)16-20)17-8-4-3-5-9-17/h3-5,8-9,11-14,16H,2,6-7,10,15H2,1H3. The molecule has 3 aromatic rings. The maximum atomic E-state index is 5.88. The fourth-order valence-corrected chi connectivity index (χ4v) is 3.38. The van der Waals surface area contributed by atoms with Crippen molar-refractivity contribution in [2.45, 2.75) is 32.6 Å². The van der Waals surface area contributed by atoms with Crippen LogP contribution in [0.4, 0.5) is 0 Å². The molecule has 0 unspecified atom stereocenters. The predicted molar refractivity (Wildman–Crippen MR) is 109 cm³/mol. The number of halogens is 1. The quantitative estimate of drug-likeness (QED) is 0.435. The fourth-order valence-electron chi connectivity index (χ4n) is 2.79. The van der Waals surface area contributed by atoms with Crippen LogP contribution in [0.5, 0.6) is 5.75 Å². The van der Waals surface area contributed by atoms with Gasteiger partial charge in [0.2, 0.25) is 0 Å². The number of aromatic nitrogens is 2. The van der Waals surface area contributed by atoms with Crippen molar-refractivity contribution in [3.63, 3.8) is 0 Å². The van der Waals surface area contributed by atoms with E-state index >= 15 is 0 Å². The summed E-state index contributed by atoms with van der Waals surface area (Å²) in [6.07, 6.45) is 3.88. The lowest BCUT2D eigenvalue weighted by molar-refractivity contribution is 0.310. The van der Waals surface area contributed by atoms with Gasteiger partial charge in [-0.2, -0.15) is 10.2 Å². The molecule has 0 spiro atoms. The van der Waals surface area contributed by atoms with Crippen LogP contribution in [0.25, 0.3) is 11.1 Å². The van der Waals surface area contributed by atoms with Crippen LogP contribution in [-0.2, 0) is 12.8 Å². The first-order valence-corrected chi connectivity index (χ1v) is 9.85. The average Bonchev–Trinajstić information content (AvgIpc) is 2.67. The monoisotopic (exact) mass is 410 g/mol. The van der Waals surface area contributed by atoms with Crippen molar-refractivity contribution in [2.24, 2.45) is 0 Å². The first-order valence-electron chi connectivity index (χ1n) is 9.05. The lowest BCUT2D eigenvalue weighted by atomic mass is 10.1. The van der Waals surface area contributed by atoms with Crippen LogP contribution in [0.3, 0.4) is 0 Å². The highest BCUT2D eigenvalue weighted by Gasteiger charge is 2.05. The highest BCUT2D eigenvalue weighted by atomic mass is 79.9. The molecule has 0 saturated carbocycles. The zero-order valence-corrected chi connectivity index (χ0v) is 16.6. The first kappa shape index (κ1) is 18.6. The summed E-state index contributed by atoms with van der Waals surface area (Å²) in [6.45, 7) is 2.81. The van der Waals surface area contributed by atoms with Crippen LogP contribution in [0.1, 0.15) is 31.2 Å². The van der Waals surface area contributed by atoms with Gasteiger partial charge in [0, 0.05) is 4.47 Å². The predicted octanol–water partition coefficient (Wildman–Crippen LogP) is 5.87. The number of aryl methyl sites for hydroxylation is 2. The van der Waals surface area contributed by atoms with E-state index in [-0.39, 0.29) is 0 Å². The second kappa shape index (κ2) is 9.48. The van der Waals surface area contributed by atoms with E-state index in [1.54, 1.807) is 0 Å². The molecule has 3 nitrogen and oxygen atoms in total. The second-order valence-electron chi connectivity index (χ2n) is 6.23. The Hall–Kier alpha value is -2.20. The molecule has 0 amide bonds. The van der Waals surface area contributed by atoms with Gasteiger partial charge >= 0.3 is 0 Å². The largest absolute Gasteiger partial charge is 0.494 e. The van der Waals surface area contributed by atoms with Gasteiger partial charge in [-0.25, -0.2) is 0 Å². The van der Waals surface area contributed by atoms with Gasteiger partial charge in [-0.05, 0) is 60.7 Å². The molecule has 26 heavy (non-hydrogen) atoms. The number of hydrogen-bond acceptors (Lipinski definition) is 3. The molecule has 0 aliphatic carbocycles. The number of nitrogens with zero attached hydrogens (tertiary/aromatic N) is 2. The minimum absolute atomic E-state index is 0.662. The Labute approximate surface area is 163 Å². The van der Waals surface area contributed by atoms with Crippen molar-refractivity contribution in [3.05, 3.63) is 76.5 Å². The Morgan fingerprint density at radius 1 is 0.885 bits per heavy atom. The minimum atomic E-state index is 0.662. The molecule has 134 valence electrons. The Kier molecular flexibility index (Phi) is 6.78. The van der Waals surface area contributed by atoms with Gasteiger partial charge < -0.3 is 4.74 Å². The van der Waals surface area contributed by atoms with Crippen molar-refractivity contribution in [3.8, 4) is 16.9 Å². The molecular formula is C22H23BrN2O. The van der Waals surface area contributed by atoms with Gasteiger partial charge in [0.1, 0.15) is 5.75 Å². The topological polar surface area (TPSA) is 35.0 Å². The normalized spacial score (nSPS) is 10.7. The van der Waals surface area contributed by atoms with Crippen LogP contribution in [0, 0.1) is 0 Å². The summed E-state index contributed by atoms with van der Waals surface area (Å²) in [5, 5.41) is 8.55. The van der Waals surface area contributed by atoms with E-state index in [1.165, 1.54) is 11.1 Å². The third-order valence-electron chi connectivity index (χ3n) is 4.15. The van der Waals surface area contributed by atoms with Gasteiger partial charge in [-0.15, -0.1) is 0 Å². The van der Waals surface area contributed by atoms with E-state index < -0.39 is 0 Å². The van der Waals surface area contributed by atoms with Gasteiger partial charge in [-0.3, -0.25) is 0 Å². The van der Waals surface area contributed by atoms with E-state index in [4.69, 9.17) is 4.74 Å². The zero-order valence-electron chi connectivity index (χ0n) is 15.0. The van der Waals surface area contributed by atoms with Crippen LogP contribution < -0.4 is 4.74 Å². The molecule has 0 fully saturated rings. The molecule has 0 aliphatic heterocycles. The summed E-state index contributed by atoms with van der Waals surface area (Å²) < 4.78 is 6.92. The number of hydrogen-bond donors (Lipinski definition) is 0. The molecule has 0 bridgehead atoms. The Balaban J connectivity index is 1.50. The van der Waals surface area contributed by atoms with Crippen molar-refractivity contribution in [1.82, 2.24) is 10.2 Å². The van der Waals surface area contributed by atoms with Gasteiger partial charge in [-0.1, -0.05) is 59.6 Å². The van der Waals surface area contributed by atoms with E-state index in [0.29, 0.717) is 6.61 Å². The summed E-state index contributed by atoms with van der Waals surface area (Å²) >= 11 is 3.65. The van der Waals surface area contributed by atoms with Crippen molar-refractivity contribution in [2.75, 3.05) is 6.61 Å². The first-order chi connectivity index (χ1) is 12.8. The van der Waals surface area contributed by atoms with Crippen molar-refractivity contribution < 1.29 is 4.74 Å². The van der Waals surface area contributed by atoms with Gasteiger partial charge in [0.05, 0.1) is 18.0 Å². The Morgan fingerprint density at radius 2 is 1.62 bits per heavy atom. The minimum Gasteiger partial charge on any atom is -0.494 e. The Morgan fingerprint density at radius 3 is 2.27 bits per heavy atom. The summed E-state index contributed by atoms with van der Waals surface area (Å²) in [4.78, 5) is 0. The van der Waals surface area contributed by atoms with Crippen LogP contribution in [0.2, 0.25) is 0 Å². The van der Waals surface area contributed by atoms with Crippen molar-refractivity contribution >= 4 is 15.9 Å². The average molecular weight is 411 g/mol. The Bertz CT molecular complexity index is 819. The molecule has 0 radical (unpaired) electrons. The maximum Gasteiger partial charge on any atom is 0.120 e. The van der Waals surface area contributed by atoms with Crippen LogP contribution in [0.15, 0.2) is 65.1 Å². The van der Waals surface area contributed by atoms with E-state index in [9.17, 15) is 0 Å². The van der Waals surface area contributed by atoms with E-state index in [1.807, 2.05) is 30.3 Å². The molecule has 0 aliphatic rings.